The van der Waals surface area contributed by atoms with Gasteiger partial charge in [0.15, 0.2) is 0 Å². The van der Waals surface area contributed by atoms with Crippen molar-refractivity contribution in [1.82, 2.24) is 5.32 Å². The van der Waals surface area contributed by atoms with Gasteiger partial charge >= 0.3 is 0 Å². The summed E-state index contributed by atoms with van der Waals surface area (Å²) in [6, 6.07) is 9.69. The van der Waals surface area contributed by atoms with E-state index in [9.17, 15) is 14.7 Å². The highest BCUT2D eigenvalue weighted by atomic mass is 16.4. The third kappa shape index (κ3) is 4.95. The highest BCUT2D eigenvalue weighted by Gasteiger charge is 1.95. The number of carbonyl (C=O) groups is 2. The van der Waals surface area contributed by atoms with Crippen molar-refractivity contribution < 1.29 is 14.7 Å². The van der Waals surface area contributed by atoms with Crippen LogP contribution in [0.2, 0.25) is 0 Å². The molecule has 16 heavy (non-hydrogen) atoms. The summed E-state index contributed by atoms with van der Waals surface area (Å²) in [5.41, 5.74) is 1.12. The van der Waals surface area contributed by atoms with E-state index in [1.807, 2.05) is 30.3 Å². The monoisotopic (exact) mass is 218 g/mol. The fourth-order valence-corrected chi connectivity index (χ4v) is 1.18. The number of nitrogens with one attached hydrogen (secondary N) is 1. The number of benzene rings is 1. The van der Waals surface area contributed by atoms with Gasteiger partial charge in [0.2, 0.25) is 5.91 Å². The van der Waals surface area contributed by atoms with Crippen LogP contribution in [0.5, 0.6) is 0 Å². The van der Waals surface area contributed by atoms with Gasteiger partial charge in [0, 0.05) is 12.6 Å². The summed E-state index contributed by atoms with van der Waals surface area (Å²) < 4.78 is 0. The third-order valence-electron chi connectivity index (χ3n) is 1.93. The highest BCUT2D eigenvalue weighted by Crippen LogP contribution is 1.97. The van der Waals surface area contributed by atoms with Gasteiger partial charge in [0.1, 0.15) is 0 Å². The van der Waals surface area contributed by atoms with Crippen LogP contribution in [-0.2, 0) is 16.0 Å². The van der Waals surface area contributed by atoms with E-state index in [4.69, 9.17) is 0 Å². The Kier molecular flexibility index (Phi) is 4.79. The first-order valence-electron chi connectivity index (χ1n) is 4.89. The van der Waals surface area contributed by atoms with E-state index in [-0.39, 0.29) is 0 Å². The van der Waals surface area contributed by atoms with Crippen LogP contribution in [0.3, 0.4) is 0 Å². The molecule has 1 rings (SSSR count). The standard InChI is InChI=1S/C12H13NO3/c14-11(6-7-12(15)16)13-9-8-10-4-2-1-3-5-10/h1-7H,8-9H2,(H,13,14)(H,15,16)/p-1. The van der Waals surface area contributed by atoms with Gasteiger partial charge in [-0.2, -0.15) is 0 Å². The first-order chi connectivity index (χ1) is 7.68. The van der Waals surface area contributed by atoms with Crippen LogP contribution in [0.4, 0.5) is 0 Å². The molecule has 0 aliphatic rings. The molecule has 0 aliphatic heterocycles. The van der Waals surface area contributed by atoms with Gasteiger partial charge in [-0.3, -0.25) is 4.79 Å². The van der Waals surface area contributed by atoms with E-state index >= 15 is 0 Å². The lowest BCUT2D eigenvalue weighted by Gasteiger charge is -2.02. The summed E-state index contributed by atoms with van der Waals surface area (Å²) in [4.78, 5) is 21.1. The number of carbonyl (C=O) groups excluding carboxylic acids is 2. The van der Waals surface area contributed by atoms with Crippen LogP contribution in [0.1, 0.15) is 5.56 Å². The van der Waals surface area contributed by atoms with Crippen molar-refractivity contribution in [2.24, 2.45) is 0 Å². The fourth-order valence-electron chi connectivity index (χ4n) is 1.18. The average molecular weight is 218 g/mol. The van der Waals surface area contributed by atoms with E-state index in [0.717, 1.165) is 11.6 Å². The highest BCUT2D eigenvalue weighted by molar-refractivity contribution is 5.93. The Balaban J connectivity index is 2.26. The molecule has 0 unspecified atom stereocenters. The van der Waals surface area contributed by atoms with E-state index in [0.29, 0.717) is 19.0 Å². The van der Waals surface area contributed by atoms with Crippen molar-refractivity contribution >= 4 is 11.9 Å². The molecule has 1 aromatic rings. The normalized spacial score (nSPS) is 10.2. The second kappa shape index (κ2) is 6.40. The SMILES string of the molecule is O=C([O-])C=CC(=O)NCCc1ccccc1. The molecule has 0 fully saturated rings. The first-order valence-corrected chi connectivity index (χ1v) is 4.89. The number of hydrogen-bond acceptors (Lipinski definition) is 3. The Morgan fingerprint density at radius 3 is 2.50 bits per heavy atom. The molecule has 1 aromatic carbocycles. The quantitative estimate of drug-likeness (QED) is 0.687. The van der Waals surface area contributed by atoms with E-state index in [1.165, 1.54) is 0 Å². The van der Waals surface area contributed by atoms with Crippen molar-refractivity contribution in [1.29, 1.82) is 0 Å². The molecule has 0 bridgehead atoms. The lowest BCUT2D eigenvalue weighted by molar-refractivity contribution is -0.297. The second-order valence-corrected chi connectivity index (χ2v) is 3.18. The summed E-state index contributed by atoms with van der Waals surface area (Å²) in [5.74, 6) is -1.81. The molecule has 0 atom stereocenters. The van der Waals surface area contributed by atoms with Crippen molar-refractivity contribution in [3.8, 4) is 0 Å². The van der Waals surface area contributed by atoms with E-state index in [2.05, 4.69) is 5.32 Å². The Bertz CT molecular complexity index is 385. The van der Waals surface area contributed by atoms with Gasteiger partial charge in [-0.05, 0) is 18.1 Å². The molecular weight excluding hydrogens is 206 g/mol. The van der Waals surface area contributed by atoms with Gasteiger partial charge in [0.25, 0.3) is 0 Å². The molecule has 4 heteroatoms. The smallest absolute Gasteiger partial charge is 0.244 e. The van der Waals surface area contributed by atoms with Crippen LogP contribution in [0.15, 0.2) is 42.5 Å². The van der Waals surface area contributed by atoms with Gasteiger partial charge in [-0.15, -0.1) is 0 Å². The van der Waals surface area contributed by atoms with Crippen molar-refractivity contribution in [3.63, 3.8) is 0 Å². The number of carboxylic acids is 1. The van der Waals surface area contributed by atoms with Crippen LogP contribution in [0, 0.1) is 0 Å². The molecule has 0 heterocycles. The summed E-state index contributed by atoms with van der Waals surface area (Å²) in [6.07, 6.45) is 2.36. The average Bonchev–Trinajstić information content (AvgIpc) is 2.28. The van der Waals surface area contributed by atoms with E-state index in [1.54, 1.807) is 0 Å². The van der Waals surface area contributed by atoms with Gasteiger partial charge in [0.05, 0.1) is 5.97 Å². The zero-order chi connectivity index (χ0) is 11.8. The molecule has 0 aliphatic carbocycles. The molecule has 0 saturated heterocycles. The maximum absolute atomic E-state index is 11.0. The number of hydrogen-bond donors (Lipinski definition) is 1. The molecule has 1 N–H and O–H groups in total. The molecule has 0 saturated carbocycles. The van der Waals surface area contributed by atoms with Gasteiger partial charge < -0.3 is 15.2 Å². The Morgan fingerprint density at radius 2 is 1.88 bits per heavy atom. The van der Waals surface area contributed by atoms with Crippen LogP contribution in [-0.4, -0.2) is 18.4 Å². The van der Waals surface area contributed by atoms with Crippen LogP contribution >= 0.6 is 0 Å². The molecular formula is C12H12NO3-. The number of rotatable bonds is 5. The zero-order valence-electron chi connectivity index (χ0n) is 8.68. The summed E-state index contributed by atoms with van der Waals surface area (Å²) in [7, 11) is 0. The molecule has 0 aromatic heterocycles. The summed E-state index contributed by atoms with van der Waals surface area (Å²) in [5, 5.41) is 12.6. The minimum absolute atomic E-state index is 0.430. The lowest BCUT2D eigenvalue weighted by Crippen LogP contribution is -2.25. The minimum Gasteiger partial charge on any atom is -0.545 e. The number of amides is 1. The fraction of sp³-hybridized carbons (Fsp3) is 0.167. The Morgan fingerprint density at radius 1 is 1.19 bits per heavy atom. The van der Waals surface area contributed by atoms with E-state index < -0.39 is 11.9 Å². The predicted octanol–water partition coefficient (Wildman–Crippen LogP) is -0.349. The molecule has 0 spiro atoms. The largest absolute Gasteiger partial charge is 0.545 e. The summed E-state index contributed by atoms with van der Waals surface area (Å²) >= 11 is 0. The molecule has 1 amide bonds. The second-order valence-electron chi connectivity index (χ2n) is 3.18. The molecule has 84 valence electrons. The lowest BCUT2D eigenvalue weighted by atomic mass is 10.1. The molecule has 4 nitrogen and oxygen atoms in total. The maximum atomic E-state index is 11.0. The topological polar surface area (TPSA) is 69.2 Å². The first kappa shape index (κ1) is 12.0. The van der Waals surface area contributed by atoms with Crippen LogP contribution in [0.25, 0.3) is 0 Å². The van der Waals surface area contributed by atoms with Crippen molar-refractivity contribution in [2.75, 3.05) is 6.54 Å². The Hall–Kier alpha value is -2.10. The number of carboxylic acid groups (broad SMARTS) is 1. The minimum atomic E-state index is -1.38. The third-order valence-corrected chi connectivity index (χ3v) is 1.93. The maximum Gasteiger partial charge on any atom is 0.244 e. The predicted molar refractivity (Wildman–Crippen MR) is 57.3 cm³/mol. The van der Waals surface area contributed by atoms with Crippen molar-refractivity contribution in [3.05, 3.63) is 48.0 Å². The van der Waals surface area contributed by atoms with Gasteiger partial charge in [-0.1, -0.05) is 30.3 Å². The molecule has 0 radical (unpaired) electrons. The van der Waals surface area contributed by atoms with Gasteiger partial charge in [-0.25, -0.2) is 0 Å². The zero-order valence-corrected chi connectivity index (χ0v) is 8.68. The van der Waals surface area contributed by atoms with Crippen molar-refractivity contribution in [2.45, 2.75) is 6.42 Å². The Labute approximate surface area is 93.6 Å². The number of aliphatic carboxylic acids is 1. The summed E-state index contributed by atoms with van der Waals surface area (Å²) in [6.45, 7) is 0.472. The van der Waals surface area contributed by atoms with Crippen LogP contribution < -0.4 is 10.4 Å².